The van der Waals surface area contributed by atoms with Crippen molar-refractivity contribution in [2.24, 2.45) is 0 Å². The van der Waals surface area contributed by atoms with Gasteiger partial charge in [-0.25, -0.2) is 0 Å². The summed E-state index contributed by atoms with van der Waals surface area (Å²) in [4.78, 5) is 0. The van der Waals surface area contributed by atoms with Gasteiger partial charge in [0.25, 0.3) is 0 Å². The van der Waals surface area contributed by atoms with E-state index < -0.39 is 0 Å². The molecule has 0 fully saturated rings. The van der Waals surface area contributed by atoms with Crippen LogP contribution in [0.15, 0.2) is 0 Å². The second-order valence-corrected chi connectivity index (χ2v) is 0. The van der Waals surface area contributed by atoms with Crippen LogP contribution in [-0.2, 0) is 17.1 Å². The first-order chi connectivity index (χ1) is 1.00. The van der Waals surface area contributed by atoms with Crippen molar-refractivity contribution in [1.29, 1.82) is 0 Å². The van der Waals surface area contributed by atoms with Crippen LogP contribution in [0.4, 0.5) is 0 Å². The summed E-state index contributed by atoms with van der Waals surface area (Å²) in [5, 5.41) is 13.0. The van der Waals surface area contributed by atoms with Gasteiger partial charge in [0, 0.05) is 17.1 Å². The summed E-state index contributed by atoms with van der Waals surface area (Å²) in [6.45, 7) is 0. The summed E-state index contributed by atoms with van der Waals surface area (Å²) in [6, 6.07) is 0. The maximum atomic E-state index is 7.25. The Bertz CT molecular complexity index is 6.00. The van der Waals surface area contributed by atoms with E-state index in [4.69, 9.17) is 10.5 Å². The van der Waals surface area contributed by atoms with E-state index >= 15 is 0 Å². The first-order valence-electron chi connectivity index (χ1n) is 0.183. The third kappa shape index (κ3) is 11.7. The molecule has 1 N–H and O–H groups in total. The smallest absolute Gasteiger partial charge is 0.727 e. The van der Waals surface area contributed by atoms with Gasteiger partial charge in [-0.15, -0.1) is 0 Å². The summed E-state index contributed by atoms with van der Waals surface area (Å²) in [5.41, 5.74) is 0. The van der Waals surface area contributed by atoms with Crippen LogP contribution in [0.5, 0.6) is 0 Å². The van der Waals surface area contributed by atoms with Crippen LogP contribution in [0, 0.1) is 0 Å². The van der Waals surface area contributed by atoms with Crippen molar-refractivity contribution in [2.75, 3.05) is 0 Å². The van der Waals surface area contributed by atoms with Gasteiger partial charge in [-0.1, -0.05) is 0 Å². The summed E-state index contributed by atoms with van der Waals surface area (Å²) in [6.07, 6.45) is 0. The largest absolute Gasteiger partial charge is 1.00 e. The molecule has 0 saturated heterocycles. The van der Waals surface area contributed by atoms with E-state index in [1.165, 1.54) is 0 Å². The zero-order chi connectivity index (χ0) is 2.00. The third-order valence-corrected chi connectivity index (χ3v) is 0. The quantitative estimate of drug-likeness (QED) is 0.189. The van der Waals surface area contributed by atoms with Gasteiger partial charge in [-0.3, -0.25) is 0 Å². The van der Waals surface area contributed by atoms with Gasteiger partial charge < -0.3 is 10.5 Å². The molecule has 4 heteroatoms. The van der Waals surface area contributed by atoms with E-state index in [0.29, 0.717) is 0 Å². The first-order valence-corrected chi connectivity index (χ1v) is 0.183. The molecule has 22 valence electrons. The maximum Gasteiger partial charge on any atom is 1.00 e. The summed E-state index contributed by atoms with van der Waals surface area (Å²) in [5.74, 6) is 0. The fourth-order valence-electron chi connectivity index (χ4n) is 0. The SMILES string of the molecule is [Fe].[Li+].[O-]O. The molecule has 0 spiro atoms. The minimum absolute atomic E-state index is 0. The molecule has 2 nitrogen and oxygen atoms in total. The standard InChI is InChI=1S/Fe.Li.H2O2/c;;1-2/h;;1-2H/q;+1;/p-1. The molecule has 0 aromatic rings. The van der Waals surface area contributed by atoms with Gasteiger partial charge in [0.1, 0.15) is 0 Å². The fourth-order valence-corrected chi connectivity index (χ4v) is 0. The fraction of sp³-hybridized carbons (Fsp3) is 0. The Kier molecular flexibility index (Phi) is 171. The van der Waals surface area contributed by atoms with Gasteiger partial charge in [0.05, 0.1) is 0 Å². The van der Waals surface area contributed by atoms with E-state index in [1.807, 2.05) is 0 Å². The van der Waals surface area contributed by atoms with Gasteiger partial charge >= 0.3 is 18.9 Å². The molecule has 0 amide bonds. The van der Waals surface area contributed by atoms with Crippen molar-refractivity contribution in [3.63, 3.8) is 0 Å². The average molecular weight is 95.8 g/mol. The van der Waals surface area contributed by atoms with Gasteiger partial charge in [0.2, 0.25) is 0 Å². The Morgan fingerprint density at radius 3 is 1.25 bits per heavy atom. The summed E-state index contributed by atoms with van der Waals surface area (Å²) in [7, 11) is 0. The van der Waals surface area contributed by atoms with Crippen LogP contribution in [0.2, 0.25) is 0 Å². The Hall–Kier alpha value is 1.04. The minimum Gasteiger partial charge on any atom is -0.727 e. The zero-order valence-corrected chi connectivity index (χ0v) is 3.31. The Labute approximate surface area is 46.8 Å². The Morgan fingerprint density at radius 2 is 1.25 bits per heavy atom. The van der Waals surface area contributed by atoms with Crippen molar-refractivity contribution in [1.82, 2.24) is 0 Å². The van der Waals surface area contributed by atoms with E-state index in [0.717, 1.165) is 0 Å². The molecule has 0 unspecified atom stereocenters. The van der Waals surface area contributed by atoms with E-state index in [2.05, 4.69) is 0 Å². The Morgan fingerprint density at radius 1 is 1.25 bits per heavy atom. The maximum absolute atomic E-state index is 7.25. The second-order valence-electron chi connectivity index (χ2n) is 0. The van der Waals surface area contributed by atoms with Gasteiger partial charge in [0.15, 0.2) is 0 Å². The van der Waals surface area contributed by atoms with Crippen LogP contribution in [-0.4, -0.2) is 5.26 Å². The van der Waals surface area contributed by atoms with E-state index in [-0.39, 0.29) is 35.9 Å². The van der Waals surface area contributed by atoms with Crippen molar-refractivity contribution >= 4 is 0 Å². The number of hydrogen-bond acceptors (Lipinski definition) is 2. The molecule has 0 aliphatic heterocycles. The third-order valence-electron chi connectivity index (χ3n) is 0. The molecule has 0 saturated carbocycles. The van der Waals surface area contributed by atoms with Crippen molar-refractivity contribution in [3.8, 4) is 0 Å². The van der Waals surface area contributed by atoms with Crippen LogP contribution >= 0.6 is 0 Å². The first kappa shape index (κ1) is 19.8. The van der Waals surface area contributed by atoms with Crippen LogP contribution in [0.1, 0.15) is 0 Å². The molecule has 4 heavy (non-hydrogen) atoms. The van der Waals surface area contributed by atoms with Crippen molar-refractivity contribution in [2.45, 2.75) is 0 Å². The van der Waals surface area contributed by atoms with Gasteiger partial charge in [-0.2, -0.15) is 0 Å². The van der Waals surface area contributed by atoms with Gasteiger partial charge in [-0.05, 0) is 0 Å². The molecule has 0 radical (unpaired) electrons. The van der Waals surface area contributed by atoms with E-state index in [1.54, 1.807) is 0 Å². The summed E-state index contributed by atoms with van der Waals surface area (Å²) >= 11 is 0. The predicted octanol–water partition coefficient (Wildman–Crippen LogP) is -4.18. The topological polar surface area (TPSA) is 43.3 Å². The molecule has 0 aliphatic carbocycles. The van der Waals surface area contributed by atoms with Crippen LogP contribution in [0.25, 0.3) is 0 Å². The number of hydrogen-bond donors (Lipinski definition) is 1. The molecule has 0 rings (SSSR count). The minimum atomic E-state index is 0. The van der Waals surface area contributed by atoms with Crippen molar-refractivity contribution in [3.05, 3.63) is 0 Å². The van der Waals surface area contributed by atoms with Crippen molar-refractivity contribution < 1.29 is 46.4 Å². The molecule has 0 aliphatic rings. The molecule has 0 atom stereocenters. The van der Waals surface area contributed by atoms with Crippen LogP contribution < -0.4 is 24.1 Å². The molecule has 0 aromatic heterocycles. The second kappa shape index (κ2) is 34.6. The van der Waals surface area contributed by atoms with Crippen LogP contribution in [0.3, 0.4) is 0 Å². The zero-order valence-electron chi connectivity index (χ0n) is 2.21. The number of rotatable bonds is 0. The normalized spacial score (nSPS) is 1.50. The monoisotopic (exact) mass is 95.9 g/mol. The molecular formula is HFeLiO2. The summed E-state index contributed by atoms with van der Waals surface area (Å²) < 4.78 is 0. The average Bonchev–Trinajstić information content (AvgIpc) is 1.00. The molecule has 0 heterocycles. The molecular weight excluding hydrogens is 94.8 g/mol. The molecule has 0 aromatic carbocycles. The predicted molar refractivity (Wildman–Crippen MR) is 2.63 cm³/mol. The Balaban J connectivity index is -0.00000000500. The van der Waals surface area contributed by atoms with E-state index in [9.17, 15) is 0 Å². The molecule has 0 bridgehead atoms.